The Bertz CT molecular complexity index is 434. The molecule has 18 heavy (non-hydrogen) atoms. The second kappa shape index (κ2) is 6.23. The number of fused-ring (bicyclic) bond motifs is 1. The maximum Gasteiger partial charge on any atom is 0.407 e. The second-order valence-corrected chi connectivity index (χ2v) is 5.47. The molecule has 0 aromatic heterocycles. The van der Waals surface area contributed by atoms with Gasteiger partial charge in [0.15, 0.2) is 0 Å². The molecule has 0 heterocycles. The van der Waals surface area contributed by atoms with Crippen LogP contribution in [0.5, 0.6) is 0 Å². The van der Waals surface area contributed by atoms with Crippen molar-refractivity contribution in [3.05, 3.63) is 33.8 Å². The molecule has 4 heteroatoms. The summed E-state index contributed by atoms with van der Waals surface area (Å²) in [5, 5.41) is 2.75. The average molecular weight is 312 g/mol. The van der Waals surface area contributed by atoms with Crippen molar-refractivity contribution in [2.24, 2.45) is 0 Å². The van der Waals surface area contributed by atoms with E-state index in [2.05, 4.69) is 33.4 Å². The van der Waals surface area contributed by atoms with Crippen LogP contribution in [0.3, 0.4) is 0 Å². The number of carbonyl (C=O) groups excluding carboxylic acids is 1. The first-order chi connectivity index (χ1) is 8.70. The molecule has 0 radical (unpaired) electrons. The Labute approximate surface area is 116 Å². The van der Waals surface area contributed by atoms with Crippen molar-refractivity contribution in [1.29, 1.82) is 0 Å². The lowest BCUT2D eigenvalue weighted by Crippen LogP contribution is -2.27. The third-order valence-electron chi connectivity index (χ3n) is 3.14. The second-order valence-electron chi connectivity index (χ2n) is 4.56. The summed E-state index contributed by atoms with van der Waals surface area (Å²) in [5.74, 6) is 0. The van der Waals surface area contributed by atoms with Gasteiger partial charge in [-0.3, -0.25) is 0 Å². The summed E-state index contributed by atoms with van der Waals surface area (Å²) in [4.78, 5) is 11.6. The molecule has 0 spiro atoms. The quantitative estimate of drug-likeness (QED) is 0.917. The van der Waals surface area contributed by atoms with Gasteiger partial charge in [0, 0.05) is 11.0 Å². The number of amides is 1. The van der Waals surface area contributed by atoms with Gasteiger partial charge in [-0.25, -0.2) is 4.79 Å². The van der Waals surface area contributed by atoms with Gasteiger partial charge in [-0.2, -0.15) is 0 Å². The number of aryl methyl sites for hydroxylation is 1. The van der Waals surface area contributed by atoms with E-state index in [0.29, 0.717) is 6.54 Å². The van der Waals surface area contributed by atoms with Gasteiger partial charge in [-0.1, -0.05) is 28.9 Å². The van der Waals surface area contributed by atoms with E-state index >= 15 is 0 Å². The molecule has 2 rings (SSSR count). The zero-order valence-corrected chi connectivity index (χ0v) is 12.1. The van der Waals surface area contributed by atoms with Crippen LogP contribution in [0, 0.1) is 0 Å². The van der Waals surface area contributed by atoms with Gasteiger partial charge < -0.3 is 10.1 Å². The first-order valence-corrected chi connectivity index (χ1v) is 7.23. The molecular formula is C14H18BrNO2. The van der Waals surface area contributed by atoms with E-state index in [1.807, 2.05) is 13.0 Å². The number of ether oxygens (including phenoxy) is 1. The van der Waals surface area contributed by atoms with Crippen molar-refractivity contribution in [3.63, 3.8) is 0 Å². The highest BCUT2D eigenvalue weighted by Crippen LogP contribution is 2.34. The predicted octanol–water partition coefficient (Wildman–Crippen LogP) is 3.96. The van der Waals surface area contributed by atoms with E-state index in [4.69, 9.17) is 4.74 Å². The molecule has 1 aromatic carbocycles. The van der Waals surface area contributed by atoms with Gasteiger partial charge in [-0.05, 0) is 48.9 Å². The molecule has 0 saturated heterocycles. The monoisotopic (exact) mass is 311 g/mol. The number of benzene rings is 1. The fourth-order valence-electron chi connectivity index (χ4n) is 2.25. The van der Waals surface area contributed by atoms with Crippen molar-refractivity contribution >= 4 is 22.0 Å². The van der Waals surface area contributed by atoms with Crippen LogP contribution in [-0.2, 0) is 11.2 Å². The summed E-state index contributed by atoms with van der Waals surface area (Å²) < 4.78 is 6.54. The van der Waals surface area contributed by atoms with E-state index in [0.717, 1.165) is 35.7 Å². The Kier molecular flexibility index (Phi) is 4.64. The van der Waals surface area contributed by atoms with Crippen molar-refractivity contribution in [3.8, 4) is 0 Å². The first-order valence-electron chi connectivity index (χ1n) is 6.43. The number of hydrogen-bond donors (Lipinski definition) is 1. The number of halogens is 1. The van der Waals surface area contributed by atoms with Crippen LogP contribution in [-0.4, -0.2) is 12.6 Å². The third kappa shape index (κ3) is 3.25. The Morgan fingerprint density at radius 1 is 1.56 bits per heavy atom. The standard InChI is InChI=1S/C14H18BrNO2/c1-2-8-16-14(17)18-13-5-3-4-10-6-7-11(15)9-12(10)13/h6-7,9,13H,2-5,8H2,1H3,(H,16,17). The topological polar surface area (TPSA) is 38.3 Å². The Hall–Kier alpha value is -1.03. The van der Waals surface area contributed by atoms with E-state index in [1.165, 1.54) is 5.56 Å². The fraction of sp³-hybridized carbons (Fsp3) is 0.500. The molecule has 1 atom stereocenters. The SMILES string of the molecule is CCCNC(=O)OC1CCCc2ccc(Br)cc21. The molecule has 1 amide bonds. The smallest absolute Gasteiger partial charge is 0.407 e. The lowest BCUT2D eigenvalue weighted by Gasteiger charge is -2.25. The minimum absolute atomic E-state index is 0.108. The molecule has 0 bridgehead atoms. The maximum atomic E-state index is 11.6. The van der Waals surface area contributed by atoms with Gasteiger partial charge in [-0.15, -0.1) is 0 Å². The van der Waals surface area contributed by atoms with Crippen LogP contribution in [0.15, 0.2) is 22.7 Å². The lowest BCUT2D eigenvalue weighted by molar-refractivity contribution is 0.0875. The number of nitrogens with one attached hydrogen (secondary N) is 1. The summed E-state index contributed by atoms with van der Waals surface area (Å²) in [7, 11) is 0. The highest BCUT2D eigenvalue weighted by atomic mass is 79.9. The highest BCUT2D eigenvalue weighted by Gasteiger charge is 2.23. The molecule has 1 unspecified atom stereocenters. The van der Waals surface area contributed by atoms with Crippen molar-refractivity contribution in [1.82, 2.24) is 5.32 Å². The molecule has 1 aliphatic carbocycles. The first kappa shape index (κ1) is 13.4. The average Bonchev–Trinajstić information content (AvgIpc) is 2.37. The number of alkyl carbamates (subject to hydrolysis) is 1. The van der Waals surface area contributed by atoms with Crippen LogP contribution < -0.4 is 5.32 Å². The summed E-state index contributed by atoms with van der Waals surface area (Å²) in [6, 6.07) is 6.21. The van der Waals surface area contributed by atoms with Gasteiger partial charge in [0.05, 0.1) is 0 Å². The molecule has 1 N–H and O–H groups in total. The van der Waals surface area contributed by atoms with E-state index < -0.39 is 0 Å². The lowest BCUT2D eigenvalue weighted by atomic mass is 9.89. The summed E-state index contributed by atoms with van der Waals surface area (Å²) in [5.41, 5.74) is 2.43. The maximum absolute atomic E-state index is 11.6. The fourth-order valence-corrected chi connectivity index (χ4v) is 2.63. The number of hydrogen-bond acceptors (Lipinski definition) is 2. The highest BCUT2D eigenvalue weighted by molar-refractivity contribution is 9.10. The van der Waals surface area contributed by atoms with E-state index in [-0.39, 0.29) is 12.2 Å². The molecular weight excluding hydrogens is 294 g/mol. The number of carbonyl (C=O) groups is 1. The molecule has 1 aliphatic rings. The summed E-state index contributed by atoms with van der Waals surface area (Å²) >= 11 is 3.47. The minimum Gasteiger partial charge on any atom is -0.441 e. The van der Waals surface area contributed by atoms with Crippen LogP contribution in [0.2, 0.25) is 0 Å². The summed E-state index contributed by atoms with van der Waals surface area (Å²) in [6.07, 6.45) is 3.54. The van der Waals surface area contributed by atoms with Crippen LogP contribution in [0.1, 0.15) is 43.4 Å². The predicted molar refractivity (Wildman–Crippen MR) is 74.6 cm³/mol. The normalized spacial score (nSPS) is 18.0. The molecule has 98 valence electrons. The molecule has 0 saturated carbocycles. The Morgan fingerprint density at radius 3 is 3.17 bits per heavy atom. The Balaban J connectivity index is 2.07. The molecule has 0 aliphatic heterocycles. The van der Waals surface area contributed by atoms with Gasteiger partial charge >= 0.3 is 6.09 Å². The zero-order chi connectivity index (χ0) is 13.0. The van der Waals surface area contributed by atoms with Crippen molar-refractivity contribution in [2.45, 2.75) is 38.7 Å². The zero-order valence-electron chi connectivity index (χ0n) is 10.5. The van der Waals surface area contributed by atoms with Crippen LogP contribution >= 0.6 is 15.9 Å². The van der Waals surface area contributed by atoms with Gasteiger partial charge in [0.2, 0.25) is 0 Å². The summed E-state index contributed by atoms with van der Waals surface area (Å²) in [6.45, 7) is 2.68. The van der Waals surface area contributed by atoms with E-state index in [1.54, 1.807) is 0 Å². The molecule has 1 aromatic rings. The third-order valence-corrected chi connectivity index (χ3v) is 3.63. The van der Waals surface area contributed by atoms with Crippen LogP contribution in [0.4, 0.5) is 4.79 Å². The van der Waals surface area contributed by atoms with Crippen molar-refractivity contribution < 1.29 is 9.53 Å². The van der Waals surface area contributed by atoms with Gasteiger partial charge in [0.1, 0.15) is 6.10 Å². The minimum atomic E-state index is -0.310. The van der Waals surface area contributed by atoms with Crippen molar-refractivity contribution in [2.75, 3.05) is 6.54 Å². The molecule has 3 nitrogen and oxygen atoms in total. The Morgan fingerprint density at radius 2 is 2.39 bits per heavy atom. The molecule has 0 fully saturated rings. The van der Waals surface area contributed by atoms with Crippen LogP contribution in [0.25, 0.3) is 0 Å². The largest absolute Gasteiger partial charge is 0.441 e. The number of rotatable bonds is 3. The van der Waals surface area contributed by atoms with E-state index in [9.17, 15) is 4.79 Å². The van der Waals surface area contributed by atoms with Gasteiger partial charge in [0.25, 0.3) is 0 Å².